The lowest BCUT2D eigenvalue weighted by atomic mass is 10.2. The predicted octanol–water partition coefficient (Wildman–Crippen LogP) is 3.77. The topological polar surface area (TPSA) is 84.5 Å². The fourth-order valence-corrected chi connectivity index (χ4v) is 3.76. The molecule has 0 saturated carbocycles. The van der Waals surface area contributed by atoms with Gasteiger partial charge in [-0.1, -0.05) is 25.4 Å². The van der Waals surface area contributed by atoms with E-state index in [2.05, 4.69) is 23.8 Å². The molecule has 1 aromatic carbocycles. The molecule has 0 atom stereocenters. The molecule has 1 aliphatic heterocycles. The van der Waals surface area contributed by atoms with Crippen LogP contribution in [0.3, 0.4) is 0 Å². The first-order valence-electron chi connectivity index (χ1n) is 9.95. The van der Waals surface area contributed by atoms with Crippen molar-refractivity contribution < 1.29 is 9.72 Å². The smallest absolute Gasteiger partial charge is 0.269 e. The van der Waals surface area contributed by atoms with Crippen LogP contribution in [0.25, 0.3) is 6.08 Å². The fourth-order valence-electron chi connectivity index (χ4n) is 3.45. The quantitative estimate of drug-likeness (QED) is 0.395. The molecule has 0 aliphatic carbocycles. The van der Waals surface area contributed by atoms with Gasteiger partial charge in [0.25, 0.3) is 5.69 Å². The lowest BCUT2D eigenvalue weighted by Gasteiger charge is -2.35. The van der Waals surface area contributed by atoms with Crippen molar-refractivity contribution in [2.24, 2.45) is 5.92 Å². The van der Waals surface area contributed by atoms with Gasteiger partial charge in [-0.25, -0.2) is 0 Å². The van der Waals surface area contributed by atoms with Crippen LogP contribution in [0.1, 0.15) is 25.1 Å². The van der Waals surface area contributed by atoms with Crippen molar-refractivity contribution in [2.45, 2.75) is 27.3 Å². The van der Waals surface area contributed by atoms with Crippen molar-refractivity contribution in [1.29, 1.82) is 0 Å². The maximum absolute atomic E-state index is 12.6. The van der Waals surface area contributed by atoms with E-state index in [1.165, 1.54) is 12.1 Å². The SMILES string of the molecule is Cc1nn(CC(C)C)c(Cl)c1/C=C/C(=O)N1CCN(c2ccc([N+](=O)[O-])cc2)CC1. The highest BCUT2D eigenvalue weighted by Gasteiger charge is 2.21. The summed E-state index contributed by atoms with van der Waals surface area (Å²) >= 11 is 6.44. The molecule has 1 amide bonds. The molecule has 1 saturated heterocycles. The second-order valence-corrected chi connectivity index (χ2v) is 8.14. The Morgan fingerprint density at radius 2 is 1.87 bits per heavy atom. The number of nitro groups is 1. The molecule has 160 valence electrons. The Balaban J connectivity index is 1.59. The third-order valence-corrected chi connectivity index (χ3v) is 5.46. The lowest BCUT2D eigenvalue weighted by molar-refractivity contribution is -0.384. The molecule has 1 aliphatic rings. The number of nitro benzene ring substituents is 1. The molecule has 2 heterocycles. The molecule has 0 unspecified atom stereocenters. The number of amides is 1. The summed E-state index contributed by atoms with van der Waals surface area (Å²) in [5.74, 6) is 0.359. The van der Waals surface area contributed by atoms with E-state index in [-0.39, 0.29) is 11.6 Å². The average molecular weight is 432 g/mol. The largest absolute Gasteiger partial charge is 0.368 e. The number of carbonyl (C=O) groups is 1. The summed E-state index contributed by atoms with van der Waals surface area (Å²) in [5.41, 5.74) is 2.56. The van der Waals surface area contributed by atoms with Gasteiger partial charge in [-0.3, -0.25) is 19.6 Å². The normalized spacial score (nSPS) is 14.7. The Morgan fingerprint density at radius 1 is 1.23 bits per heavy atom. The van der Waals surface area contributed by atoms with Gasteiger partial charge in [0.2, 0.25) is 5.91 Å². The van der Waals surface area contributed by atoms with E-state index in [1.54, 1.807) is 33.9 Å². The van der Waals surface area contributed by atoms with Crippen molar-refractivity contribution in [2.75, 3.05) is 31.1 Å². The Labute approximate surface area is 180 Å². The molecule has 30 heavy (non-hydrogen) atoms. The highest BCUT2D eigenvalue weighted by atomic mass is 35.5. The number of nitrogens with zero attached hydrogens (tertiary/aromatic N) is 5. The molecule has 2 aromatic rings. The maximum atomic E-state index is 12.6. The van der Waals surface area contributed by atoms with Crippen LogP contribution in [0.5, 0.6) is 0 Å². The van der Waals surface area contributed by atoms with E-state index >= 15 is 0 Å². The number of benzene rings is 1. The number of carbonyl (C=O) groups excluding carboxylic acids is 1. The van der Waals surface area contributed by atoms with Gasteiger partial charge in [0.1, 0.15) is 5.15 Å². The Hall–Kier alpha value is -2.87. The Morgan fingerprint density at radius 3 is 2.43 bits per heavy atom. The summed E-state index contributed by atoms with van der Waals surface area (Å²) in [5, 5.41) is 15.8. The van der Waals surface area contributed by atoms with Gasteiger partial charge in [-0.15, -0.1) is 0 Å². The number of rotatable bonds is 6. The lowest BCUT2D eigenvalue weighted by Crippen LogP contribution is -2.48. The molecule has 9 heteroatoms. The molecule has 0 N–H and O–H groups in total. The van der Waals surface area contributed by atoms with Crippen LogP contribution in [0, 0.1) is 23.0 Å². The zero-order valence-corrected chi connectivity index (χ0v) is 18.2. The molecule has 8 nitrogen and oxygen atoms in total. The summed E-state index contributed by atoms with van der Waals surface area (Å²) < 4.78 is 1.77. The van der Waals surface area contributed by atoms with Crippen LogP contribution in [-0.4, -0.2) is 51.7 Å². The van der Waals surface area contributed by atoms with Crippen LogP contribution in [-0.2, 0) is 11.3 Å². The molecule has 0 radical (unpaired) electrons. The highest BCUT2D eigenvalue weighted by molar-refractivity contribution is 6.31. The molecule has 1 aromatic heterocycles. The number of aryl methyl sites for hydroxylation is 1. The van der Waals surface area contributed by atoms with Gasteiger partial charge in [-0.05, 0) is 31.1 Å². The summed E-state index contributed by atoms with van der Waals surface area (Å²) in [6, 6.07) is 6.49. The fraction of sp³-hybridized carbons (Fsp3) is 0.429. The van der Waals surface area contributed by atoms with E-state index in [4.69, 9.17) is 11.6 Å². The standard InChI is InChI=1S/C21H26ClN5O3/c1-15(2)14-26-21(22)19(16(3)23-26)8-9-20(28)25-12-10-24(11-13-25)17-4-6-18(7-5-17)27(29)30/h4-9,15H,10-14H2,1-3H3/b9-8+. The Kier molecular flexibility index (Phi) is 6.77. The average Bonchev–Trinajstić information content (AvgIpc) is 2.98. The van der Waals surface area contributed by atoms with E-state index < -0.39 is 4.92 Å². The number of non-ortho nitro benzene ring substituents is 1. The second kappa shape index (κ2) is 9.30. The van der Waals surface area contributed by atoms with Crippen molar-refractivity contribution in [3.8, 4) is 0 Å². The van der Waals surface area contributed by atoms with Crippen molar-refractivity contribution >= 4 is 35.0 Å². The van der Waals surface area contributed by atoms with Gasteiger partial charge >= 0.3 is 0 Å². The predicted molar refractivity (Wildman–Crippen MR) is 118 cm³/mol. The maximum Gasteiger partial charge on any atom is 0.269 e. The van der Waals surface area contributed by atoms with Gasteiger partial charge in [0.15, 0.2) is 0 Å². The van der Waals surface area contributed by atoms with E-state index in [9.17, 15) is 14.9 Å². The van der Waals surface area contributed by atoms with E-state index in [1.807, 2.05) is 6.92 Å². The number of aromatic nitrogens is 2. The molecular formula is C21H26ClN5O3. The third kappa shape index (κ3) is 4.99. The number of anilines is 1. The molecule has 3 rings (SSSR count). The van der Waals surface area contributed by atoms with Crippen molar-refractivity contribution in [1.82, 2.24) is 14.7 Å². The first-order chi connectivity index (χ1) is 14.3. The molecule has 0 spiro atoms. The van der Waals surface area contributed by atoms with Crippen LogP contribution in [0.4, 0.5) is 11.4 Å². The van der Waals surface area contributed by atoms with Crippen molar-refractivity contribution in [3.05, 3.63) is 56.9 Å². The van der Waals surface area contributed by atoms with Crippen LogP contribution < -0.4 is 4.90 Å². The monoisotopic (exact) mass is 431 g/mol. The van der Waals surface area contributed by atoms with Crippen LogP contribution in [0.2, 0.25) is 5.15 Å². The van der Waals surface area contributed by atoms with Crippen LogP contribution in [0.15, 0.2) is 30.3 Å². The van der Waals surface area contributed by atoms with E-state index in [0.29, 0.717) is 37.3 Å². The highest BCUT2D eigenvalue weighted by Crippen LogP contribution is 2.23. The van der Waals surface area contributed by atoms with Gasteiger partial charge in [-0.2, -0.15) is 5.10 Å². The number of halogens is 1. The summed E-state index contributed by atoms with van der Waals surface area (Å²) in [4.78, 5) is 26.9. The van der Waals surface area contributed by atoms with Gasteiger partial charge in [0, 0.05) is 62.2 Å². The zero-order chi connectivity index (χ0) is 21.8. The van der Waals surface area contributed by atoms with E-state index in [0.717, 1.165) is 23.5 Å². The second-order valence-electron chi connectivity index (χ2n) is 7.79. The summed E-state index contributed by atoms with van der Waals surface area (Å²) in [7, 11) is 0. The summed E-state index contributed by atoms with van der Waals surface area (Å²) in [6.45, 7) is 9.32. The zero-order valence-electron chi connectivity index (χ0n) is 17.4. The van der Waals surface area contributed by atoms with Gasteiger partial charge < -0.3 is 9.80 Å². The third-order valence-electron chi connectivity index (χ3n) is 5.06. The molecule has 1 fully saturated rings. The number of piperazine rings is 1. The summed E-state index contributed by atoms with van der Waals surface area (Å²) in [6.07, 6.45) is 3.30. The van der Waals surface area contributed by atoms with Crippen molar-refractivity contribution in [3.63, 3.8) is 0 Å². The van der Waals surface area contributed by atoms with Gasteiger partial charge in [0.05, 0.1) is 10.6 Å². The number of hydrogen-bond acceptors (Lipinski definition) is 5. The minimum absolute atomic E-state index is 0.0644. The molecule has 0 bridgehead atoms. The molecular weight excluding hydrogens is 406 g/mol. The Bertz CT molecular complexity index is 944. The minimum atomic E-state index is -0.409. The van der Waals surface area contributed by atoms with Crippen LogP contribution >= 0.6 is 11.6 Å². The first-order valence-corrected chi connectivity index (χ1v) is 10.3. The number of hydrogen-bond donors (Lipinski definition) is 0. The minimum Gasteiger partial charge on any atom is -0.368 e. The first kappa shape index (κ1) is 21.8.